The van der Waals surface area contributed by atoms with Crippen molar-refractivity contribution in [2.75, 3.05) is 5.43 Å². The lowest BCUT2D eigenvalue weighted by Gasteiger charge is -2.08. The van der Waals surface area contributed by atoms with Gasteiger partial charge in [0, 0.05) is 11.1 Å². The van der Waals surface area contributed by atoms with Crippen LogP contribution in [0.15, 0.2) is 42.5 Å². The zero-order chi connectivity index (χ0) is 14.5. The summed E-state index contributed by atoms with van der Waals surface area (Å²) < 4.78 is 5.55. The molecule has 0 saturated carbocycles. The standard InChI is InChI=1S/C13H12ClN3O3/c14-10-2-4-11(5-3-10)20-8-9-1-6-13(17(18)19)12(7-9)16-15/h1-7,16H,8,15H2. The second-order valence-corrected chi connectivity index (χ2v) is 4.43. The number of nitrogen functional groups attached to an aromatic ring is 1. The number of ether oxygens (including phenoxy) is 1. The zero-order valence-electron chi connectivity index (χ0n) is 10.4. The number of nitrogens with one attached hydrogen (secondary N) is 1. The van der Waals surface area contributed by atoms with Gasteiger partial charge < -0.3 is 10.2 Å². The molecule has 0 saturated heterocycles. The number of hydrogen-bond acceptors (Lipinski definition) is 5. The monoisotopic (exact) mass is 293 g/mol. The lowest BCUT2D eigenvalue weighted by atomic mass is 10.2. The van der Waals surface area contributed by atoms with Crippen LogP contribution in [0.3, 0.4) is 0 Å². The van der Waals surface area contributed by atoms with Crippen LogP contribution in [0.5, 0.6) is 5.75 Å². The number of rotatable bonds is 5. The molecular weight excluding hydrogens is 282 g/mol. The van der Waals surface area contributed by atoms with Crippen LogP contribution in [0.4, 0.5) is 11.4 Å². The first-order valence-electron chi connectivity index (χ1n) is 5.72. The molecule has 0 radical (unpaired) electrons. The van der Waals surface area contributed by atoms with E-state index in [9.17, 15) is 10.1 Å². The third kappa shape index (κ3) is 3.37. The molecule has 7 heteroatoms. The zero-order valence-corrected chi connectivity index (χ0v) is 11.1. The summed E-state index contributed by atoms with van der Waals surface area (Å²) in [6, 6.07) is 11.5. The average Bonchev–Trinajstić information content (AvgIpc) is 2.46. The minimum atomic E-state index is -0.501. The van der Waals surface area contributed by atoms with Crippen LogP contribution in [-0.2, 0) is 6.61 Å². The second-order valence-electron chi connectivity index (χ2n) is 4.00. The van der Waals surface area contributed by atoms with Crippen LogP contribution < -0.4 is 16.0 Å². The van der Waals surface area contributed by atoms with E-state index >= 15 is 0 Å². The number of hydrazine groups is 1. The van der Waals surface area contributed by atoms with Crippen LogP contribution in [0.25, 0.3) is 0 Å². The molecular formula is C13H12ClN3O3. The van der Waals surface area contributed by atoms with Crippen molar-refractivity contribution in [3.8, 4) is 5.75 Å². The molecule has 6 nitrogen and oxygen atoms in total. The molecule has 0 unspecified atom stereocenters. The van der Waals surface area contributed by atoms with E-state index in [2.05, 4.69) is 5.43 Å². The molecule has 2 rings (SSSR count). The molecule has 0 aromatic heterocycles. The highest BCUT2D eigenvalue weighted by atomic mass is 35.5. The third-order valence-electron chi connectivity index (χ3n) is 2.63. The Morgan fingerprint density at radius 2 is 1.95 bits per heavy atom. The number of nitrogens with two attached hydrogens (primary N) is 1. The van der Waals surface area contributed by atoms with Gasteiger partial charge in [-0.3, -0.25) is 16.0 Å². The minimum Gasteiger partial charge on any atom is -0.489 e. The van der Waals surface area contributed by atoms with Gasteiger partial charge in [-0.25, -0.2) is 0 Å². The van der Waals surface area contributed by atoms with Gasteiger partial charge in [-0.2, -0.15) is 0 Å². The van der Waals surface area contributed by atoms with Gasteiger partial charge in [-0.05, 0) is 42.0 Å². The van der Waals surface area contributed by atoms with E-state index in [-0.39, 0.29) is 18.0 Å². The van der Waals surface area contributed by atoms with Crippen LogP contribution >= 0.6 is 11.6 Å². The second kappa shape index (κ2) is 6.23. The summed E-state index contributed by atoms with van der Waals surface area (Å²) in [5, 5.41) is 11.4. The number of halogens is 1. The maximum atomic E-state index is 10.8. The Morgan fingerprint density at radius 1 is 1.25 bits per heavy atom. The fourth-order valence-electron chi connectivity index (χ4n) is 1.65. The van der Waals surface area contributed by atoms with Crippen molar-refractivity contribution in [2.45, 2.75) is 6.61 Å². The topological polar surface area (TPSA) is 90.4 Å². The molecule has 104 valence electrons. The molecule has 3 N–H and O–H groups in total. The fourth-order valence-corrected chi connectivity index (χ4v) is 1.77. The van der Waals surface area contributed by atoms with E-state index in [1.165, 1.54) is 6.07 Å². The number of nitro benzene ring substituents is 1. The van der Waals surface area contributed by atoms with Crippen LogP contribution in [0.1, 0.15) is 5.56 Å². The van der Waals surface area contributed by atoms with Crippen molar-refractivity contribution >= 4 is 23.0 Å². The van der Waals surface area contributed by atoms with E-state index < -0.39 is 4.92 Å². The van der Waals surface area contributed by atoms with Gasteiger partial charge in [-0.1, -0.05) is 11.6 Å². The molecule has 2 aromatic carbocycles. The first-order valence-corrected chi connectivity index (χ1v) is 6.10. The van der Waals surface area contributed by atoms with Gasteiger partial charge in [0.1, 0.15) is 18.0 Å². The third-order valence-corrected chi connectivity index (χ3v) is 2.88. The Kier molecular flexibility index (Phi) is 4.39. The number of benzene rings is 2. The molecule has 2 aromatic rings. The van der Waals surface area contributed by atoms with Crippen LogP contribution in [0.2, 0.25) is 5.02 Å². The first-order chi connectivity index (χ1) is 9.60. The normalized spacial score (nSPS) is 10.1. The van der Waals surface area contributed by atoms with E-state index in [0.29, 0.717) is 10.8 Å². The summed E-state index contributed by atoms with van der Waals surface area (Å²) in [6.45, 7) is 0.272. The van der Waals surface area contributed by atoms with Gasteiger partial charge in [-0.15, -0.1) is 0 Å². The molecule has 0 heterocycles. The number of anilines is 1. The van der Waals surface area contributed by atoms with Crippen LogP contribution in [-0.4, -0.2) is 4.92 Å². The molecule has 0 fully saturated rings. The summed E-state index contributed by atoms with van der Waals surface area (Å²) in [5.74, 6) is 5.93. The number of nitrogens with zero attached hydrogens (tertiary/aromatic N) is 1. The van der Waals surface area contributed by atoms with Crippen molar-refractivity contribution in [3.63, 3.8) is 0 Å². The van der Waals surface area contributed by atoms with Gasteiger partial charge in [0.2, 0.25) is 0 Å². The van der Waals surface area contributed by atoms with E-state index in [1.807, 2.05) is 0 Å². The van der Waals surface area contributed by atoms with Gasteiger partial charge in [0.05, 0.1) is 4.92 Å². The van der Waals surface area contributed by atoms with Crippen molar-refractivity contribution < 1.29 is 9.66 Å². The highest BCUT2D eigenvalue weighted by molar-refractivity contribution is 6.30. The van der Waals surface area contributed by atoms with Crippen molar-refractivity contribution in [1.29, 1.82) is 0 Å². The van der Waals surface area contributed by atoms with Crippen LogP contribution in [0, 0.1) is 10.1 Å². The first kappa shape index (κ1) is 14.1. The fraction of sp³-hybridized carbons (Fsp3) is 0.0769. The summed E-state index contributed by atoms with van der Waals surface area (Å²) in [6.07, 6.45) is 0. The lowest BCUT2D eigenvalue weighted by molar-refractivity contribution is -0.384. The van der Waals surface area contributed by atoms with Gasteiger partial charge in [0.25, 0.3) is 5.69 Å². The minimum absolute atomic E-state index is 0.0808. The highest BCUT2D eigenvalue weighted by Crippen LogP contribution is 2.25. The maximum absolute atomic E-state index is 10.8. The summed E-state index contributed by atoms with van der Waals surface area (Å²) in [7, 11) is 0. The molecule has 0 aliphatic rings. The predicted octanol–water partition coefficient (Wildman–Crippen LogP) is 3.11. The Morgan fingerprint density at radius 3 is 2.55 bits per heavy atom. The average molecular weight is 294 g/mol. The quantitative estimate of drug-likeness (QED) is 0.502. The molecule has 20 heavy (non-hydrogen) atoms. The van der Waals surface area contributed by atoms with E-state index in [1.54, 1.807) is 36.4 Å². The predicted molar refractivity (Wildman–Crippen MR) is 76.7 cm³/mol. The Hall–Kier alpha value is -2.31. The van der Waals surface area contributed by atoms with Crippen molar-refractivity contribution in [3.05, 3.63) is 63.2 Å². The highest BCUT2D eigenvalue weighted by Gasteiger charge is 2.13. The number of nitro groups is 1. The Bertz CT molecular complexity index is 617. The molecule has 0 aliphatic heterocycles. The van der Waals surface area contributed by atoms with Crippen molar-refractivity contribution in [2.24, 2.45) is 5.84 Å². The Labute approximate surface area is 120 Å². The Balaban J connectivity index is 2.10. The lowest BCUT2D eigenvalue weighted by Crippen LogP contribution is -2.09. The molecule has 0 bridgehead atoms. The summed E-state index contributed by atoms with van der Waals surface area (Å²) in [5.41, 5.74) is 3.23. The van der Waals surface area contributed by atoms with E-state index in [4.69, 9.17) is 22.2 Å². The van der Waals surface area contributed by atoms with Crippen molar-refractivity contribution in [1.82, 2.24) is 0 Å². The largest absolute Gasteiger partial charge is 0.489 e. The van der Waals surface area contributed by atoms with Gasteiger partial charge >= 0.3 is 0 Å². The van der Waals surface area contributed by atoms with E-state index in [0.717, 1.165) is 5.56 Å². The molecule has 0 aliphatic carbocycles. The molecule has 0 amide bonds. The number of hydrogen-bond donors (Lipinski definition) is 2. The molecule has 0 atom stereocenters. The van der Waals surface area contributed by atoms with Gasteiger partial charge in [0.15, 0.2) is 0 Å². The SMILES string of the molecule is NNc1cc(COc2ccc(Cl)cc2)ccc1[N+](=O)[O-]. The smallest absolute Gasteiger partial charge is 0.293 e. The summed E-state index contributed by atoms with van der Waals surface area (Å²) >= 11 is 5.77. The summed E-state index contributed by atoms with van der Waals surface area (Å²) in [4.78, 5) is 10.3. The molecule has 0 spiro atoms. The maximum Gasteiger partial charge on any atom is 0.293 e.